The van der Waals surface area contributed by atoms with Gasteiger partial charge in [-0.3, -0.25) is 4.79 Å². The van der Waals surface area contributed by atoms with Crippen LogP contribution in [0.25, 0.3) is 0 Å². The highest BCUT2D eigenvalue weighted by Gasteiger charge is 2.27. The van der Waals surface area contributed by atoms with Crippen molar-refractivity contribution in [3.05, 3.63) is 0 Å². The maximum absolute atomic E-state index is 11.1. The van der Waals surface area contributed by atoms with E-state index in [1.54, 1.807) is 0 Å². The van der Waals surface area contributed by atoms with Crippen LogP contribution in [0.5, 0.6) is 0 Å². The molecule has 4 heteroatoms. The van der Waals surface area contributed by atoms with Gasteiger partial charge in [-0.05, 0) is 13.8 Å². The lowest BCUT2D eigenvalue weighted by molar-refractivity contribution is -0.150. The van der Waals surface area contributed by atoms with Gasteiger partial charge < -0.3 is 15.8 Å². The van der Waals surface area contributed by atoms with Crippen molar-refractivity contribution in [2.45, 2.75) is 13.8 Å². The molecule has 12 heavy (non-hydrogen) atoms. The second-order valence-corrected chi connectivity index (χ2v) is 3.34. The van der Waals surface area contributed by atoms with Crippen molar-refractivity contribution < 1.29 is 9.53 Å². The normalized spacial score (nSPS) is 11.3. The molecule has 0 aromatic carbocycles. The molecule has 0 bridgehead atoms. The Bertz CT molecular complexity index is 146. The lowest BCUT2D eigenvalue weighted by Crippen LogP contribution is -2.38. The smallest absolute Gasteiger partial charge is 0.312 e. The molecule has 0 radical (unpaired) electrons. The van der Waals surface area contributed by atoms with Crippen molar-refractivity contribution >= 4 is 5.97 Å². The van der Waals surface area contributed by atoms with Gasteiger partial charge >= 0.3 is 5.97 Å². The average Bonchev–Trinajstić information content (AvgIpc) is 2.03. The van der Waals surface area contributed by atoms with Crippen LogP contribution in [0, 0.1) is 5.41 Å². The van der Waals surface area contributed by atoms with E-state index in [1.807, 2.05) is 13.8 Å². The number of carbonyl (C=O) groups excluding carboxylic acids is 1. The molecule has 0 aliphatic rings. The Morgan fingerprint density at radius 1 is 1.58 bits per heavy atom. The third-order valence-electron chi connectivity index (χ3n) is 1.63. The number of nitrogens with one attached hydrogen (secondary N) is 1. The fourth-order valence-electron chi connectivity index (χ4n) is 0.851. The van der Waals surface area contributed by atoms with Gasteiger partial charge in [-0.2, -0.15) is 0 Å². The van der Waals surface area contributed by atoms with Crippen LogP contribution in [0.2, 0.25) is 0 Å². The third kappa shape index (κ3) is 3.69. The maximum atomic E-state index is 11.1. The molecular weight excluding hydrogens is 156 g/mol. The van der Waals surface area contributed by atoms with E-state index in [1.165, 1.54) is 7.11 Å². The predicted octanol–water partition coefficient (Wildman–Crippen LogP) is -0.266. The maximum Gasteiger partial charge on any atom is 0.312 e. The topological polar surface area (TPSA) is 64.3 Å². The molecule has 0 aromatic heterocycles. The molecule has 0 saturated heterocycles. The lowest BCUT2D eigenvalue weighted by atomic mass is 9.94. The number of hydrogen-bond acceptors (Lipinski definition) is 4. The average molecular weight is 174 g/mol. The molecule has 0 unspecified atom stereocenters. The number of nitrogens with two attached hydrogens (primary N) is 1. The fourth-order valence-corrected chi connectivity index (χ4v) is 0.851. The van der Waals surface area contributed by atoms with E-state index < -0.39 is 5.41 Å². The van der Waals surface area contributed by atoms with Crippen LogP contribution in [0.15, 0.2) is 0 Å². The van der Waals surface area contributed by atoms with E-state index in [2.05, 4.69) is 10.1 Å². The molecule has 0 spiro atoms. The van der Waals surface area contributed by atoms with Crippen molar-refractivity contribution in [1.82, 2.24) is 5.32 Å². The summed E-state index contributed by atoms with van der Waals surface area (Å²) in [6.07, 6.45) is 0. The minimum Gasteiger partial charge on any atom is -0.469 e. The van der Waals surface area contributed by atoms with E-state index >= 15 is 0 Å². The number of rotatable bonds is 5. The number of hydrogen-bond donors (Lipinski definition) is 2. The SMILES string of the molecule is COC(=O)C(C)(C)CNCCN. The monoisotopic (exact) mass is 174 g/mol. The van der Waals surface area contributed by atoms with Crippen molar-refractivity contribution in [1.29, 1.82) is 0 Å². The molecule has 0 saturated carbocycles. The summed E-state index contributed by atoms with van der Waals surface area (Å²) >= 11 is 0. The molecule has 0 heterocycles. The van der Waals surface area contributed by atoms with Gasteiger partial charge in [-0.15, -0.1) is 0 Å². The highest BCUT2D eigenvalue weighted by Crippen LogP contribution is 2.14. The van der Waals surface area contributed by atoms with Gasteiger partial charge in [0.05, 0.1) is 12.5 Å². The molecule has 0 rings (SSSR count). The summed E-state index contributed by atoms with van der Waals surface area (Å²) in [5.41, 5.74) is 4.82. The summed E-state index contributed by atoms with van der Waals surface area (Å²) < 4.78 is 4.64. The number of methoxy groups -OCH3 is 1. The first-order chi connectivity index (χ1) is 5.54. The van der Waals surface area contributed by atoms with Crippen molar-refractivity contribution in [3.8, 4) is 0 Å². The summed E-state index contributed by atoms with van der Waals surface area (Å²) in [7, 11) is 1.40. The first-order valence-electron chi connectivity index (χ1n) is 4.04. The van der Waals surface area contributed by atoms with E-state index in [0.29, 0.717) is 13.1 Å². The van der Waals surface area contributed by atoms with Crippen LogP contribution in [-0.2, 0) is 9.53 Å². The zero-order valence-electron chi connectivity index (χ0n) is 8.02. The Morgan fingerprint density at radius 3 is 2.58 bits per heavy atom. The Balaban J connectivity index is 3.78. The van der Waals surface area contributed by atoms with E-state index in [9.17, 15) is 4.79 Å². The second-order valence-electron chi connectivity index (χ2n) is 3.34. The molecule has 0 amide bonds. The van der Waals surface area contributed by atoms with Gasteiger partial charge in [0.1, 0.15) is 0 Å². The van der Waals surface area contributed by atoms with Gasteiger partial charge in [-0.25, -0.2) is 0 Å². The molecule has 3 N–H and O–H groups in total. The van der Waals surface area contributed by atoms with Crippen molar-refractivity contribution in [3.63, 3.8) is 0 Å². The van der Waals surface area contributed by atoms with Gasteiger partial charge in [-0.1, -0.05) is 0 Å². The Hall–Kier alpha value is -0.610. The summed E-state index contributed by atoms with van der Waals surface area (Å²) in [5, 5.41) is 3.06. The highest BCUT2D eigenvalue weighted by molar-refractivity contribution is 5.75. The summed E-state index contributed by atoms with van der Waals surface area (Å²) in [6.45, 7) is 5.57. The van der Waals surface area contributed by atoms with Gasteiger partial charge in [0.15, 0.2) is 0 Å². The Morgan fingerprint density at radius 2 is 2.17 bits per heavy atom. The van der Waals surface area contributed by atoms with Crippen LogP contribution < -0.4 is 11.1 Å². The molecule has 0 atom stereocenters. The van der Waals surface area contributed by atoms with Crippen LogP contribution >= 0.6 is 0 Å². The summed E-state index contributed by atoms with van der Waals surface area (Å²) in [6, 6.07) is 0. The molecular formula is C8H18N2O2. The van der Waals surface area contributed by atoms with E-state index in [4.69, 9.17) is 5.73 Å². The molecule has 72 valence electrons. The zero-order valence-corrected chi connectivity index (χ0v) is 8.02. The lowest BCUT2D eigenvalue weighted by Gasteiger charge is -2.21. The molecule has 0 fully saturated rings. The van der Waals surface area contributed by atoms with Crippen LogP contribution in [0.4, 0.5) is 0 Å². The number of carbonyl (C=O) groups is 1. The van der Waals surface area contributed by atoms with Gasteiger partial charge in [0.2, 0.25) is 0 Å². The van der Waals surface area contributed by atoms with E-state index in [0.717, 1.165) is 6.54 Å². The first kappa shape index (κ1) is 11.4. The Labute approximate surface area is 73.5 Å². The van der Waals surface area contributed by atoms with Gasteiger partial charge in [0, 0.05) is 19.6 Å². The fraction of sp³-hybridized carbons (Fsp3) is 0.875. The standard InChI is InChI=1S/C8H18N2O2/c1-8(2,7(11)12-3)6-10-5-4-9/h10H,4-6,9H2,1-3H3. The van der Waals surface area contributed by atoms with Crippen molar-refractivity contribution in [2.24, 2.45) is 11.1 Å². The van der Waals surface area contributed by atoms with E-state index in [-0.39, 0.29) is 5.97 Å². The van der Waals surface area contributed by atoms with Crippen LogP contribution in [0.1, 0.15) is 13.8 Å². The minimum atomic E-state index is -0.468. The number of esters is 1. The first-order valence-corrected chi connectivity index (χ1v) is 4.04. The van der Waals surface area contributed by atoms with Crippen LogP contribution in [0.3, 0.4) is 0 Å². The summed E-state index contributed by atoms with van der Waals surface area (Å²) in [4.78, 5) is 11.1. The molecule has 0 aromatic rings. The second kappa shape index (κ2) is 5.11. The molecule has 4 nitrogen and oxygen atoms in total. The van der Waals surface area contributed by atoms with Crippen molar-refractivity contribution in [2.75, 3.05) is 26.7 Å². The minimum absolute atomic E-state index is 0.202. The van der Waals surface area contributed by atoms with Crippen LogP contribution in [-0.4, -0.2) is 32.7 Å². The zero-order chi connectivity index (χ0) is 9.61. The molecule has 0 aliphatic heterocycles. The quantitative estimate of drug-likeness (QED) is 0.445. The van der Waals surface area contributed by atoms with Gasteiger partial charge in [0.25, 0.3) is 0 Å². The summed E-state index contributed by atoms with van der Waals surface area (Å²) in [5.74, 6) is -0.202. The highest BCUT2D eigenvalue weighted by atomic mass is 16.5. The number of ether oxygens (including phenoxy) is 1. The third-order valence-corrected chi connectivity index (χ3v) is 1.63. The largest absolute Gasteiger partial charge is 0.469 e. The predicted molar refractivity (Wildman–Crippen MR) is 47.7 cm³/mol. The Kier molecular flexibility index (Phi) is 4.85. The molecule has 0 aliphatic carbocycles.